The van der Waals surface area contributed by atoms with Gasteiger partial charge in [0.1, 0.15) is 0 Å². The Bertz CT molecular complexity index is 417. The van der Waals surface area contributed by atoms with Crippen LogP contribution in [0.3, 0.4) is 0 Å². The van der Waals surface area contributed by atoms with Crippen molar-refractivity contribution < 1.29 is 60.6 Å². The summed E-state index contributed by atoms with van der Waals surface area (Å²) >= 11 is 0. The van der Waals surface area contributed by atoms with Gasteiger partial charge in [0.15, 0.2) is 0 Å². The van der Waals surface area contributed by atoms with Crippen LogP contribution in [0.15, 0.2) is 0 Å². The number of phosphoric acid groups is 4. The van der Waals surface area contributed by atoms with Crippen molar-refractivity contribution in [2.45, 2.75) is 0 Å². The Kier molecular flexibility index (Phi) is 19.9. The molecule has 0 radical (unpaired) electrons. The summed E-state index contributed by atoms with van der Waals surface area (Å²) in [7, 11) is -22.6. The standard InChI is InChI=1S/2K.Na.H6O13P4.3H/c;;;1-14(2,3)11-16(7,8)13-17(9,10)12-15(4,5)6;;;/h;;;(H,7,8)(H,9,10)(H2,1,2,3)(H2,4,5,6);;;. The van der Waals surface area contributed by atoms with Gasteiger partial charge in [0.2, 0.25) is 0 Å². The van der Waals surface area contributed by atoms with E-state index in [1.165, 1.54) is 0 Å². The van der Waals surface area contributed by atoms with E-state index in [2.05, 4.69) is 12.9 Å². The molecule has 6 N–H and O–H groups in total. The van der Waals surface area contributed by atoms with E-state index in [4.69, 9.17) is 29.4 Å². The molecule has 0 saturated carbocycles. The normalized spacial score (nSPS) is 17.5. The summed E-state index contributed by atoms with van der Waals surface area (Å²) in [4.78, 5) is 49.4. The second-order valence-electron chi connectivity index (χ2n) is 2.16. The summed E-state index contributed by atoms with van der Waals surface area (Å²) in [5.41, 5.74) is 0. The van der Waals surface area contributed by atoms with Crippen molar-refractivity contribution in [1.29, 1.82) is 0 Å². The van der Waals surface area contributed by atoms with Gasteiger partial charge in [0, 0.05) is 0 Å². The molecular formula is H9K2NaO13P4. The van der Waals surface area contributed by atoms with Crippen LogP contribution in [0.1, 0.15) is 0 Å². The SMILES string of the molecule is O=P(O)(O)OP(=O)(O)OP(=O)(O)OP(=O)(O)O.[KH].[KH].[NaH]. The molecular weight excluding hydrogens is 433 g/mol. The Morgan fingerprint density at radius 1 is 0.550 bits per heavy atom. The fourth-order valence-corrected chi connectivity index (χ4v) is 4.40. The number of hydrogen-bond donors (Lipinski definition) is 6. The third kappa shape index (κ3) is 20.9. The van der Waals surface area contributed by atoms with Gasteiger partial charge in [0.25, 0.3) is 0 Å². The van der Waals surface area contributed by atoms with Crippen molar-refractivity contribution in [3.63, 3.8) is 0 Å². The molecule has 0 aromatic heterocycles. The molecule has 110 valence electrons. The molecule has 0 aliphatic heterocycles. The maximum absolute atomic E-state index is 10.7. The molecule has 0 spiro atoms. The van der Waals surface area contributed by atoms with Crippen LogP contribution < -0.4 is 0 Å². The van der Waals surface area contributed by atoms with Crippen molar-refractivity contribution in [1.82, 2.24) is 0 Å². The molecule has 0 aromatic carbocycles. The average Bonchev–Trinajstić information content (AvgIpc) is 1.65. The van der Waals surface area contributed by atoms with Gasteiger partial charge in [-0.25, -0.2) is 18.3 Å². The number of hydrogen-bond acceptors (Lipinski definition) is 7. The fourth-order valence-electron chi connectivity index (χ4n) is 0.429. The minimum absolute atomic E-state index is 0. The molecule has 0 aliphatic carbocycles. The predicted octanol–water partition coefficient (Wildman–Crippen LogP) is -2.52. The Balaban J connectivity index is -0.000000427. The predicted molar refractivity (Wildman–Crippen MR) is 68.4 cm³/mol. The third-order valence-electron chi connectivity index (χ3n) is 0.625. The summed E-state index contributed by atoms with van der Waals surface area (Å²) < 4.78 is 50.9. The first-order valence-corrected chi connectivity index (χ1v) is 9.08. The molecule has 0 heterocycles. The molecule has 0 fully saturated rings. The van der Waals surface area contributed by atoms with Crippen molar-refractivity contribution in [2.75, 3.05) is 0 Å². The van der Waals surface area contributed by atoms with Gasteiger partial charge in [-0.2, -0.15) is 12.9 Å². The van der Waals surface area contributed by atoms with Crippen molar-refractivity contribution in [3.05, 3.63) is 0 Å². The summed E-state index contributed by atoms with van der Waals surface area (Å²) in [6.45, 7) is 0. The van der Waals surface area contributed by atoms with Gasteiger partial charge in [-0.15, -0.1) is 0 Å². The zero-order valence-electron chi connectivity index (χ0n) is 7.33. The van der Waals surface area contributed by atoms with E-state index in [0.29, 0.717) is 0 Å². The zero-order chi connectivity index (χ0) is 14.1. The van der Waals surface area contributed by atoms with Crippen molar-refractivity contribution >= 4 is 164 Å². The van der Waals surface area contributed by atoms with E-state index in [1.54, 1.807) is 0 Å². The van der Waals surface area contributed by atoms with Gasteiger partial charge in [-0.05, 0) is 0 Å². The molecule has 0 bridgehead atoms. The molecule has 13 nitrogen and oxygen atoms in total. The fraction of sp³-hybridized carbons (Fsp3) is 0. The second kappa shape index (κ2) is 12.3. The van der Waals surface area contributed by atoms with E-state index in [1.807, 2.05) is 0 Å². The van der Waals surface area contributed by atoms with E-state index in [9.17, 15) is 18.3 Å². The van der Waals surface area contributed by atoms with E-state index in [-0.39, 0.29) is 132 Å². The Hall–Kier alpha value is 4.83. The summed E-state index contributed by atoms with van der Waals surface area (Å²) in [6.07, 6.45) is 0. The summed E-state index contributed by atoms with van der Waals surface area (Å²) in [6, 6.07) is 0. The van der Waals surface area contributed by atoms with Crippen LogP contribution in [0.5, 0.6) is 0 Å². The van der Waals surface area contributed by atoms with E-state index < -0.39 is 31.3 Å². The first-order valence-electron chi connectivity index (χ1n) is 3.03. The van der Waals surface area contributed by atoms with E-state index in [0.717, 1.165) is 0 Å². The van der Waals surface area contributed by atoms with Gasteiger partial charge in [-0.3, -0.25) is 0 Å². The molecule has 0 saturated heterocycles. The van der Waals surface area contributed by atoms with Crippen LogP contribution in [-0.2, 0) is 31.2 Å². The zero-order valence-corrected chi connectivity index (χ0v) is 10.9. The van der Waals surface area contributed by atoms with Crippen LogP contribution in [0.2, 0.25) is 0 Å². The van der Waals surface area contributed by atoms with Crippen LogP contribution in [-0.4, -0.2) is 162 Å². The minimum atomic E-state index is -5.77. The molecule has 0 amide bonds. The maximum atomic E-state index is 10.7. The first kappa shape index (κ1) is 32.5. The van der Waals surface area contributed by atoms with Crippen molar-refractivity contribution in [2.24, 2.45) is 0 Å². The molecule has 20 heteroatoms. The average molecular weight is 442 g/mol. The van der Waals surface area contributed by atoms with Gasteiger partial charge >= 0.3 is 164 Å². The Morgan fingerprint density at radius 3 is 0.900 bits per heavy atom. The monoisotopic (exact) mass is 442 g/mol. The molecule has 0 aliphatic rings. The van der Waals surface area contributed by atoms with Gasteiger partial charge < -0.3 is 29.4 Å². The number of rotatable bonds is 6. The Morgan fingerprint density at radius 2 is 0.750 bits per heavy atom. The van der Waals surface area contributed by atoms with E-state index >= 15 is 0 Å². The topological polar surface area (TPSA) is 217 Å². The van der Waals surface area contributed by atoms with Crippen LogP contribution >= 0.6 is 31.3 Å². The molecule has 20 heavy (non-hydrogen) atoms. The van der Waals surface area contributed by atoms with Crippen LogP contribution in [0, 0.1) is 0 Å². The molecule has 2 unspecified atom stereocenters. The third-order valence-corrected chi connectivity index (χ3v) is 5.63. The Labute approximate surface area is 219 Å². The summed E-state index contributed by atoms with van der Waals surface area (Å²) in [5.74, 6) is 0. The van der Waals surface area contributed by atoms with Gasteiger partial charge in [-0.1, -0.05) is 0 Å². The van der Waals surface area contributed by atoms with Crippen LogP contribution in [0.25, 0.3) is 0 Å². The molecule has 0 aromatic rings. The van der Waals surface area contributed by atoms with Crippen molar-refractivity contribution in [3.8, 4) is 0 Å². The first-order chi connectivity index (χ1) is 7.12. The molecule has 0 rings (SSSR count). The van der Waals surface area contributed by atoms with Gasteiger partial charge in [0.05, 0.1) is 0 Å². The molecule has 2 atom stereocenters. The summed E-state index contributed by atoms with van der Waals surface area (Å²) in [5, 5.41) is 0. The van der Waals surface area contributed by atoms with Crippen LogP contribution in [0.4, 0.5) is 0 Å². The second-order valence-corrected chi connectivity index (χ2v) is 7.96. The quantitative estimate of drug-likeness (QED) is 0.185.